The number of hydrogen-bond acceptors (Lipinski definition) is 2. The van der Waals surface area contributed by atoms with Gasteiger partial charge in [-0.05, 0) is 54.8 Å². The third kappa shape index (κ3) is 4.83. The number of nitrogens with one attached hydrogen (secondary N) is 1. The van der Waals surface area contributed by atoms with E-state index in [0.717, 1.165) is 34.3 Å². The molecule has 0 saturated carbocycles. The minimum absolute atomic E-state index is 0.195. The maximum atomic E-state index is 12.9. The van der Waals surface area contributed by atoms with Crippen LogP contribution >= 0.6 is 15.9 Å². The van der Waals surface area contributed by atoms with Crippen LogP contribution in [-0.4, -0.2) is 13.2 Å². The zero-order valence-corrected chi connectivity index (χ0v) is 13.8. The lowest BCUT2D eigenvalue weighted by atomic mass is 10.1. The highest BCUT2D eigenvalue weighted by molar-refractivity contribution is 9.10. The van der Waals surface area contributed by atoms with Gasteiger partial charge in [0.25, 0.3) is 0 Å². The third-order valence-corrected chi connectivity index (χ3v) is 4.12. The van der Waals surface area contributed by atoms with E-state index in [0.29, 0.717) is 6.04 Å². The van der Waals surface area contributed by atoms with E-state index in [1.54, 1.807) is 7.11 Å². The number of rotatable bonds is 6. The standard InChI is InChI=1S/C17H19BrFNO/c1-12(9-13-3-5-15(19)6-4-13)20-11-14-10-16(21-2)7-8-17(14)18/h3-8,10,12,20H,9,11H2,1-2H3. The molecule has 0 aliphatic heterocycles. The van der Waals surface area contributed by atoms with Crippen LogP contribution in [0.5, 0.6) is 5.75 Å². The molecule has 2 rings (SSSR count). The zero-order chi connectivity index (χ0) is 15.2. The molecule has 2 nitrogen and oxygen atoms in total. The third-order valence-electron chi connectivity index (χ3n) is 3.35. The summed E-state index contributed by atoms with van der Waals surface area (Å²) >= 11 is 3.55. The van der Waals surface area contributed by atoms with E-state index in [1.807, 2.05) is 30.3 Å². The predicted molar refractivity (Wildman–Crippen MR) is 87.1 cm³/mol. The van der Waals surface area contributed by atoms with E-state index in [1.165, 1.54) is 12.1 Å². The minimum atomic E-state index is -0.195. The van der Waals surface area contributed by atoms with Gasteiger partial charge in [0.1, 0.15) is 11.6 Å². The van der Waals surface area contributed by atoms with Crippen molar-refractivity contribution >= 4 is 15.9 Å². The average molecular weight is 352 g/mol. The van der Waals surface area contributed by atoms with Crippen LogP contribution in [0.15, 0.2) is 46.9 Å². The van der Waals surface area contributed by atoms with Gasteiger partial charge in [0.05, 0.1) is 7.11 Å². The van der Waals surface area contributed by atoms with Gasteiger partial charge in [0.2, 0.25) is 0 Å². The minimum Gasteiger partial charge on any atom is -0.497 e. The van der Waals surface area contributed by atoms with Crippen molar-refractivity contribution < 1.29 is 9.13 Å². The lowest BCUT2D eigenvalue weighted by Crippen LogP contribution is -2.27. The van der Waals surface area contributed by atoms with Crippen LogP contribution in [0.2, 0.25) is 0 Å². The maximum Gasteiger partial charge on any atom is 0.123 e. The highest BCUT2D eigenvalue weighted by Gasteiger charge is 2.06. The molecule has 1 unspecified atom stereocenters. The Labute approximate surface area is 133 Å². The van der Waals surface area contributed by atoms with Crippen molar-refractivity contribution in [1.82, 2.24) is 5.32 Å². The molecule has 1 N–H and O–H groups in total. The Hall–Kier alpha value is -1.39. The molecule has 4 heteroatoms. The predicted octanol–water partition coefficient (Wildman–Crippen LogP) is 4.32. The molecule has 0 bridgehead atoms. The number of halogens is 2. The lowest BCUT2D eigenvalue weighted by molar-refractivity contribution is 0.413. The fourth-order valence-corrected chi connectivity index (χ4v) is 2.53. The summed E-state index contributed by atoms with van der Waals surface area (Å²) in [6, 6.07) is 12.9. The van der Waals surface area contributed by atoms with Crippen molar-refractivity contribution in [3.63, 3.8) is 0 Å². The molecule has 0 aliphatic rings. The van der Waals surface area contributed by atoms with Crippen molar-refractivity contribution in [2.45, 2.75) is 25.9 Å². The molecule has 0 heterocycles. The second kappa shape index (κ2) is 7.57. The Morgan fingerprint density at radius 2 is 1.90 bits per heavy atom. The average Bonchev–Trinajstić information content (AvgIpc) is 2.49. The lowest BCUT2D eigenvalue weighted by Gasteiger charge is -2.15. The first-order chi connectivity index (χ1) is 10.1. The molecule has 0 aliphatic carbocycles. The van der Waals surface area contributed by atoms with E-state index < -0.39 is 0 Å². The van der Waals surface area contributed by atoms with E-state index in [4.69, 9.17) is 4.74 Å². The molecule has 0 fully saturated rings. The normalized spacial score (nSPS) is 12.2. The number of benzene rings is 2. The molecular weight excluding hydrogens is 333 g/mol. The molecule has 21 heavy (non-hydrogen) atoms. The van der Waals surface area contributed by atoms with Gasteiger partial charge in [-0.25, -0.2) is 4.39 Å². The molecular formula is C17H19BrFNO. The van der Waals surface area contributed by atoms with Crippen molar-refractivity contribution in [1.29, 1.82) is 0 Å². The van der Waals surface area contributed by atoms with Gasteiger partial charge in [-0.15, -0.1) is 0 Å². The highest BCUT2D eigenvalue weighted by atomic mass is 79.9. The summed E-state index contributed by atoms with van der Waals surface area (Å²) in [5, 5.41) is 3.47. The van der Waals surface area contributed by atoms with Crippen LogP contribution in [0.3, 0.4) is 0 Å². The fraction of sp³-hybridized carbons (Fsp3) is 0.294. The van der Waals surface area contributed by atoms with E-state index >= 15 is 0 Å². The Kier molecular flexibility index (Phi) is 5.76. The number of hydrogen-bond donors (Lipinski definition) is 1. The van der Waals surface area contributed by atoms with Gasteiger partial charge in [-0.2, -0.15) is 0 Å². The molecule has 112 valence electrons. The van der Waals surface area contributed by atoms with E-state index in [2.05, 4.69) is 28.2 Å². The summed E-state index contributed by atoms with van der Waals surface area (Å²) < 4.78 is 19.2. The van der Waals surface area contributed by atoms with Crippen molar-refractivity contribution in [3.8, 4) is 5.75 Å². The second-order valence-electron chi connectivity index (χ2n) is 5.07. The zero-order valence-electron chi connectivity index (χ0n) is 12.2. The van der Waals surface area contributed by atoms with Gasteiger partial charge >= 0.3 is 0 Å². The smallest absolute Gasteiger partial charge is 0.123 e. The van der Waals surface area contributed by atoms with E-state index in [9.17, 15) is 4.39 Å². The molecule has 0 radical (unpaired) electrons. The van der Waals surface area contributed by atoms with E-state index in [-0.39, 0.29) is 5.82 Å². The van der Waals surface area contributed by atoms with Crippen LogP contribution in [-0.2, 0) is 13.0 Å². The Morgan fingerprint density at radius 3 is 2.57 bits per heavy atom. The van der Waals surface area contributed by atoms with Crippen LogP contribution < -0.4 is 10.1 Å². The SMILES string of the molecule is COc1ccc(Br)c(CNC(C)Cc2ccc(F)cc2)c1. The second-order valence-corrected chi connectivity index (χ2v) is 5.92. The monoisotopic (exact) mass is 351 g/mol. The van der Waals surface area contributed by atoms with Gasteiger partial charge in [-0.1, -0.05) is 28.1 Å². The van der Waals surface area contributed by atoms with Crippen LogP contribution in [0.1, 0.15) is 18.1 Å². The summed E-state index contributed by atoms with van der Waals surface area (Å²) in [6.45, 7) is 2.87. The Balaban J connectivity index is 1.91. The summed E-state index contributed by atoms with van der Waals surface area (Å²) in [4.78, 5) is 0. The largest absolute Gasteiger partial charge is 0.497 e. The van der Waals surface area contributed by atoms with Gasteiger partial charge < -0.3 is 10.1 Å². The molecule has 2 aromatic rings. The van der Waals surface area contributed by atoms with Crippen molar-refractivity contribution in [3.05, 3.63) is 63.9 Å². The van der Waals surface area contributed by atoms with Crippen molar-refractivity contribution in [2.75, 3.05) is 7.11 Å². The molecule has 2 aromatic carbocycles. The first kappa shape index (κ1) is 16.0. The maximum absolute atomic E-state index is 12.9. The quantitative estimate of drug-likeness (QED) is 0.836. The topological polar surface area (TPSA) is 21.3 Å². The molecule has 1 atom stereocenters. The summed E-state index contributed by atoms with van der Waals surface area (Å²) in [7, 11) is 1.66. The summed E-state index contributed by atoms with van der Waals surface area (Å²) in [6.07, 6.45) is 0.863. The Morgan fingerprint density at radius 1 is 1.19 bits per heavy atom. The molecule has 0 aromatic heterocycles. The van der Waals surface area contributed by atoms with Crippen LogP contribution in [0.4, 0.5) is 4.39 Å². The summed E-state index contributed by atoms with van der Waals surface area (Å²) in [5.74, 6) is 0.654. The van der Waals surface area contributed by atoms with Crippen molar-refractivity contribution in [2.24, 2.45) is 0 Å². The fourth-order valence-electron chi connectivity index (χ4n) is 2.14. The molecule has 0 spiro atoms. The van der Waals surface area contributed by atoms with Crippen LogP contribution in [0, 0.1) is 5.82 Å². The number of methoxy groups -OCH3 is 1. The Bertz CT molecular complexity index is 586. The first-order valence-electron chi connectivity index (χ1n) is 6.88. The molecule has 0 saturated heterocycles. The van der Waals surface area contributed by atoms with Gasteiger partial charge in [-0.3, -0.25) is 0 Å². The summed E-state index contributed by atoms with van der Waals surface area (Å²) in [5.41, 5.74) is 2.28. The number of ether oxygens (including phenoxy) is 1. The van der Waals surface area contributed by atoms with Crippen LogP contribution in [0.25, 0.3) is 0 Å². The van der Waals surface area contributed by atoms with Gasteiger partial charge in [0.15, 0.2) is 0 Å². The van der Waals surface area contributed by atoms with Gasteiger partial charge in [0, 0.05) is 17.1 Å². The first-order valence-corrected chi connectivity index (χ1v) is 7.68. The molecule has 0 amide bonds. The highest BCUT2D eigenvalue weighted by Crippen LogP contribution is 2.22.